The van der Waals surface area contributed by atoms with Crippen molar-refractivity contribution in [1.82, 2.24) is 14.2 Å². The molecule has 226 valence electrons. The van der Waals surface area contributed by atoms with E-state index in [1.54, 1.807) is 17.0 Å². The van der Waals surface area contributed by atoms with Crippen molar-refractivity contribution in [2.75, 3.05) is 44.2 Å². The molecule has 1 aromatic heterocycles. The highest BCUT2D eigenvalue weighted by molar-refractivity contribution is 7.89. The summed E-state index contributed by atoms with van der Waals surface area (Å²) in [6.45, 7) is 12.0. The summed E-state index contributed by atoms with van der Waals surface area (Å²) < 4.78 is 34.9. The molecule has 0 saturated heterocycles. The fraction of sp³-hybridized carbons (Fsp3) is 0.355. The number of benzene rings is 3. The van der Waals surface area contributed by atoms with Gasteiger partial charge in [-0.2, -0.15) is 4.31 Å². The number of aromatic nitrogens is 1. The van der Waals surface area contributed by atoms with Gasteiger partial charge in [-0.05, 0) is 68.0 Å². The van der Waals surface area contributed by atoms with Gasteiger partial charge in [-0.1, -0.05) is 62.4 Å². The van der Waals surface area contributed by atoms with Crippen LogP contribution < -0.4 is 9.64 Å². The molecule has 0 aliphatic heterocycles. The van der Waals surface area contributed by atoms with E-state index in [9.17, 15) is 13.2 Å². The predicted molar refractivity (Wildman–Crippen MR) is 174 cm³/mol. The highest BCUT2D eigenvalue weighted by Gasteiger charge is 2.26. The van der Waals surface area contributed by atoms with E-state index in [0.29, 0.717) is 36.9 Å². The standard InChI is InChI=1S/C31H38N4O4S2.ClH/c1-5-33(6-2)20-21-35(31-32-28-19-16-26(39-8-4)22-29(28)40-31)30(36)25-14-17-27(18-15-25)41(37,38)34(7-3)23-24-12-10-9-11-13-24;/h9-19,22H,5-8,20-21,23H2,1-4H3;1H. The van der Waals surface area contributed by atoms with Crippen LogP contribution >= 0.6 is 23.7 Å². The van der Waals surface area contributed by atoms with Gasteiger partial charge in [0.1, 0.15) is 5.75 Å². The molecule has 3 aromatic carbocycles. The molecule has 1 heterocycles. The lowest BCUT2D eigenvalue weighted by Crippen LogP contribution is -2.39. The van der Waals surface area contributed by atoms with Crippen molar-refractivity contribution in [3.63, 3.8) is 0 Å². The van der Waals surface area contributed by atoms with Crippen LogP contribution in [-0.2, 0) is 16.6 Å². The number of rotatable bonds is 14. The first-order chi connectivity index (χ1) is 19.8. The third-order valence-electron chi connectivity index (χ3n) is 6.96. The maximum Gasteiger partial charge on any atom is 0.260 e. The molecule has 0 unspecified atom stereocenters. The topological polar surface area (TPSA) is 83.0 Å². The lowest BCUT2D eigenvalue weighted by atomic mass is 10.2. The molecular formula is C31H39ClN4O4S2. The number of thiazole rings is 1. The molecule has 0 spiro atoms. The summed E-state index contributed by atoms with van der Waals surface area (Å²) >= 11 is 1.44. The van der Waals surface area contributed by atoms with E-state index in [-0.39, 0.29) is 29.8 Å². The summed E-state index contributed by atoms with van der Waals surface area (Å²) in [4.78, 5) is 22.7. The van der Waals surface area contributed by atoms with Crippen molar-refractivity contribution < 1.29 is 17.9 Å². The van der Waals surface area contributed by atoms with Gasteiger partial charge in [0.05, 0.1) is 21.7 Å². The number of carbonyl (C=O) groups excluding carboxylic acids is 1. The van der Waals surface area contributed by atoms with E-state index in [1.165, 1.54) is 27.8 Å². The third kappa shape index (κ3) is 7.87. The van der Waals surface area contributed by atoms with Crippen LogP contribution in [0.3, 0.4) is 0 Å². The number of carbonyl (C=O) groups is 1. The number of sulfonamides is 1. The lowest BCUT2D eigenvalue weighted by molar-refractivity contribution is 0.0983. The quantitative estimate of drug-likeness (QED) is 0.162. The SMILES string of the molecule is CCOc1ccc2nc(N(CCN(CC)CC)C(=O)c3ccc(S(=O)(=O)N(CC)Cc4ccccc4)cc3)sc2c1.Cl. The molecule has 0 fully saturated rings. The molecule has 8 nitrogen and oxygen atoms in total. The zero-order chi connectivity index (χ0) is 29.4. The molecule has 0 bridgehead atoms. The fourth-order valence-electron chi connectivity index (χ4n) is 4.56. The third-order valence-corrected chi connectivity index (χ3v) is 9.94. The smallest absolute Gasteiger partial charge is 0.260 e. The van der Waals surface area contributed by atoms with E-state index < -0.39 is 10.0 Å². The first-order valence-electron chi connectivity index (χ1n) is 14.0. The summed E-state index contributed by atoms with van der Waals surface area (Å²) in [6.07, 6.45) is 0. The molecule has 42 heavy (non-hydrogen) atoms. The molecule has 0 aliphatic rings. The molecular weight excluding hydrogens is 592 g/mol. The van der Waals surface area contributed by atoms with Gasteiger partial charge >= 0.3 is 0 Å². The van der Waals surface area contributed by atoms with Crippen LogP contribution in [0.5, 0.6) is 5.75 Å². The Bertz CT molecular complexity index is 1540. The van der Waals surface area contributed by atoms with Gasteiger partial charge in [0.25, 0.3) is 5.91 Å². The lowest BCUT2D eigenvalue weighted by Gasteiger charge is -2.25. The Balaban J connectivity index is 0.00000484. The van der Waals surface area contributed by atoms with Crippen molar-refractivity contribution in [1.29, 1.82) is 0 Å². The Labute approximate surface area is 259 Å². The number of amides is 1. The van der Waals surface area contributed by atoms with Crippen molar-refractivity contribution in [2.24, 2.45) is 0 Å². The maximum absolute atomic E-state index is 13.9. The van der Waals surface area contributed by atoms with E-state index in [0.717, 1.165) is 34.6 Å². The largest absolute Gasteiger partial charge is 0.494 e. The Morgan fingerprint density at radius 2 is 1.57 bits per heavy atom. The summed E-state index contributed by atoms with van der Waals surface area (Å²) in [6, 6.07) is 21.5. The van der Waals surface area contributed by atoms with Gasteiger partial charge in [0.2, 0.25) is 10.0 Å². The summed E-state index contributed by atoms with van der Waals surface area (Å²) in [5, 5.41) is 0.600. The van der Waals surface area contributed by atoms with Gasteiger partial charge < -0.3 is 9.64 Å². The van der Waals surface area contributed by atoms with Crippen LogP contribution in [0, 0.1) is 0 Å². The second-order valence-electron chi connectivity index (χ2n) is 9.48. The number of nitrogens with zero attached hydrogens (tertiary/aromatic N) is 4. The second kappa shape index (κ2) is 15.5. The zero-order valence-electron chi connectivity index (χ0n) is 24.5. The minimum atomic E-state index is -3.74. The average Bonchev–Trinajstić information content (AvgIpc) is 3.41. The van der Waals surface area contributed by atoms with Gasteiger partial charge in [-0.25, -0.2) is 13.4 Å². The van der Waals surface area contributed by atoms with Crippen molar-refractivity contribution >= 4 is 55.0 Å². The zero-order valence-corrected chi connectivity index (χ0v) is 27.0. The molecule has 0 aliphatic carbocycles. The van der Waals surface area contributed by atoms with Gasteiger partial charge in [-0.15, -0.1) is 12.4 Å². The fourth-order valence-corrected chi connectivity index (χ4v) is 7.01. The van der Waals surface area contributed by atoms with Crippen molar-refractivity contribution in [3.05, 3.63) is 83.9 Å². The average molecular weight is 631 g/mol. The first kappa shape index (κ1) is 33.5. The van der Waals surface area contributed by atoms with Gasteiger partial charge in [0.15, 0.2) is 5.13 Å². The number of fused-ring (bicyclic) bond motifs is 1. The highest BCUT2D eigenvalue weighted by atomic mass is 35.5. The Morgan fingerprint density at radius 1 is 0.881 bits per heavy atom. The Morgan fingerprint density at radius 3 is 2.19 bits per heavy atom. The monoisotopic (exact) mass is 630 g/mol. The minimum Gasteiger partial charge on any atom is -0.494 e. The first-order valence-corrected chi connectivity index (χ1v) is 16.3. The predicted octanol–water partition coefficient (Wildman–Crippen LogP) is 6.32. The van der Waals surface area contributed by atoms with E-state index in [2.05, 4.69) is 18.7 Å². The molecule has 11 heteroatoms. The number of ether oxygens (including phenoxy) is 1. The number of halogens is 1. The molecule has 0 N–H and O–H groups in total. The Kier molecular flexibility index (Phi) is 12.3. The van der Waals surface area contributed by atoms with Crippen LogP contribution in [0.15, 0.2) is 77.7 Å². The number of hydrogen-bond acceptors (Lipinski definition) is 7. The number of hydrogen-bond donors (Lipinski definition) is 0. The van der Waals surface area contributed by atoms with Crippen LogP contribution in [-0.4, -0.2) is 67.8 Å². The molecule has 4 aromatic rings. The van der Waals surface area contributed by atoms with Crippen LogP contribution in [0.2, 0.25) is 0 Å². The van der Waals surface area contributed by atoms with Crippen LogP contribution in [0.1, 0.15) is 43.6 Å². The highest BCUT2D eigenvalue weighted by Crippen LogP contribution is 2.32. The van der Waals surface area contributed by atoms with Crippen LogP contribution in [0.25, 0.3) is 10.2 Å². The molecule has 1 amide bonds. The molecule has 0 saturated carbocycles. The van der Waals surface area contributed by atoms with Gasteiger partial charge in [-0.3, -0.25) is 9.69 Å². The van der Waals surface area contributed by atoms with E-state index in [4.69, 9.17) is 9.72 Å². The molecule has 0 radical (unpaired) electrons. The van der Waals surface area contributed by atoms with Gasteiger partial charge in [0, 0.05) is 31.7 Å². The van der Waals surface area contributed by atoms with E-state index >= 15 is 0 Å². The van der Waals surface area contributed by atoms with Crippen molar-refractivity contribution in [3.8, 4) is 5.75 Å². The number of anilines is 1. The normalized spacial score (nSPS) is 11.6. The van der Waals surface area contributed by atoms with Crippen LogP contribution in [0.4, 0.5) is 5.13 Å². The molecule has 0 atom stereocenters. The summed E-state index contributed by atoms with van der Waals surface area (Å²) in [5.41, 5.74) is 2.12. The maximum atomic E-state index is 13.9. The minimum absolute atomic E-state index is 0. The van der Waals surface area contributed by atoms with Crippen molar-refractivity contribution in [2.45, 2.75) is 39.1 Å². The Hall–Kier alpha value is -3.02. The summed E-state index contributed by atoms with van der Waals surface area (Å²) in [7, 11) is -3.74. The second-order valence-corrected chi connectivity index (χ2v) is 12.4. The molecule has 4 rings (SSSR count). The number of likely N-dealkylation sites (N-methyl/N-ethyl adjacent to an activating group) is 1. The summed E-state index contributed by atoms with van der Waals surface area (Å²) in [5.74, 6) is 0.545. The van der Waals surface area contributed by atoms with E-state index in [1.807, 2.05) is 62.4 Å².